The first-order valence-electron chi connectivity index (χ1n) is 5.44. The molecule has 1 aromatic carbocycles. The molecular weight excluding hydrogens is 260 g/mol. The molecule has 1 fully saturated rings. The van der Waals surface area contributed by atoms with Crippen molar-refractivity contribution in [1.82, 2.24) is 0 Å². The standard InChI is InChI=1S/C12H9ClO5/c13-8-1-5(2-9-11(8)18-4-17-9)10(14)6-3-7(6)12(15)16/h1-2,6-7H,3-4H2,(H,15,16)/t6?,7-/m0/s1. The second-order valence-corrected chi connectivity index (χ2v) is 4.75. The van der Waals surface area contributed by atoms with E-state index in [9.17, 15) is 9.59 Å². The molecule has 0 amide bonds. The van der Waals surface area contributed by atoms with Crippen molar-refractivity contribution in [3.63, 3.8) is 0 Å². The van der Waals surface area contributed by atoms with Crippen LogP contribution < -0.4 is 9.47 Å². The first kappa shape index (κ1) is 11.3. The summed E-state index contributed by atoms with van der Waals surface area (Å²) < 4.78 is 10.3. The lowest BCUT2D eigenvalue weighted by Gasteiger charge is -2.03. The summed E-state index contributed by atoms with van der Waals surface area (Å²) in [7, 11) is 0. The number of aliphatic carboxylic acids is 1. The maximum atomic E-state index is 12.1. The van der Waals surface area contributed by atoms with Gasteiger partial charge in [-0.2, -0.15) is 0 Å². The number of halogens is 1. The number of fused-ring (bicyclic) bond motifs is 1. The van der Waals surface area contributed by atoms with E-state index in [1.54, 1.807) is 6.07 Å². The van der Waals surface area contributed by atoms with E-state index in [1.165, 1.54) is 6.07 Å². The average Bonchev–Trinajstić information content (AvgIpc) is 2.99. The van der Waals surface area contributed by atoms with E-state index >= 15 is 0 Å². The molecule has 1 N–H and O–H groups in total. The van der Waals surface area contributed by atoms with Gasteiger partial charge in [-0.05, 0) is 18.6 Å². The zero-order chi connectivity index (χ0) is 12.9. The van der Waals surface area contributed by atoms with Crippen molar-refractivity contribution < 1.29 is 24.2 Å². The summed E-state index contributed by atoms with van der Waals surface area (Å²) in [5.74, 6) is -1.29. The lowest BCUT2D eigenvalue weighted by molar-refractivity contribution is -0.138. The molecule has 1 aromatic rings. The maximum Gasteiger partial charge on any atom is 0.307 e. The van der Waals surface area contributed by atoms with E-state index in [1.807, 2.05) is 0 Å². The third-order valence-corrected chi connectivity index (χ3v) is 3.44. The summed E-state index contributed by atoms with van der Waals surface area (Å²) in [5.41, 5.74) is 0.373. The Kier molecular flexibility index (Phi) is 2.45. The van der Waals surface area contributed by atoms with Gasteiger partial charge in [0, 0.05) is 11.5 Å². The third kappa shape index (κ3) is 1.71. The van der Waals surface area contributed by atoms with E-state index in [4.69, 9.17) is 26.2 Å². The van der Waals surface area contributed by atoms with E-state index in [0.29, 0.717) is 28.5 Å². The van der Waals surface area contributed by atoms with Gasteiger partial charge >= 0.3 is 5.97 Å². The summed E-state index contributed by atoms with van der Waals surface area (Å²) in [6.45, 7) is 0.0773. The van der Waals surface area contributed by atoms with E-state index in [-0.39, 0.29) is 12.6 Å². The Labute approximate surface area is 107 Å². The largest absolute Gasteiger partial charge is 0.481 e. The molecule has 18 heavy (non-hydrogen) atoms. The van der Waals surface area contributed by atoms with Crippen LogP contribution in [0.3, 0.4) is 0 Å². The fraction of sp³-hybridized carbons (Fsp3) is 0.333. The predicted octanol–water partition coefficient (Wildman–Crippen LogP) is 1.97. The van der Waals surface area contributed by atoms with Crippen LogP contribution in [0.4, 0.5) is 0 Å². The number of benzene rings is 1. The molecule has 0 aromatic heterocycles. The Bertz CT molecular complexity index is 554. The average molecular weight is 269 g/mol. The van der Waals surface area contributed by atoms with Gasteiger partial charge in [0.05, 0.1) is 10.9 Å². The number of carboxylic acid groups (broad SMARTS) is 1. The van der Waals surface area contributed by atoms with E-state index in [2.05, 4.69) is 0 Å². The van der Waals surface area contributed by atoms with Crippen LogP contribution in [-0.2, 0) is 4.79 Å². The highest BCUT2D eigenvalue weighted by atomic mass is 35.5. The van der Waals surface area contributed by atoms with Crippen LogP contribution in [-0.4, -0.2) is 23.7 Å². The fourth-order valence-electron chi connectivity index (χ4n) is 2.08. The number of rotatable bonds is 3. The first-order chi connectivity index (χ1) is 8.58. The summed E-state index contributed by atoms with van der Waals surface area (Å²) >= 11 is 5.97. The first-order valence-corrected chi connectivity index (χ1v) is 5.82. The van der Waals surface area contributed by atoms with Gasteiger partial charge in [-0.15, -0.1) is 0 Å². The molecule has 2 atom stereocenters. The van der Waals surface area contributed by atoms with Gasteiger partial charge in [-0.25, -0.2) is 0 Å². The van der Waals surface area contributed by atoms with Gasteiger partial charge in [-0.1, -0.05) is 11.6 Å². The zero-order valence-electron chi connectivity index (χ0n) is 9.18. The molecule has 0 saturated heterocycles. The lowest BCUT2D eigenvalue weighted by Crippen LogP contribution is -2.08. The summed E-state index contributed by atoms with van der Waals surface area (Å²) in [6.07, 6.45) is 0.389. The van der Waals surface area contributed by atoms with Crippen molar-refractivity contribution in [3.8, 4) is 11.5 Å². The highest BCUT2D eigenvalue weighted by Gasteiger charge is 2.48. The van der Waals surface area contributed by atoms with Crippen LogP contribution in [0, 0.1) is 11.8 Å². The number of carbonyl (C=O) groups excluding carboxylic acids is 1. The molecule has 94 valence electrons. The summed E-state index contributed by atoms with van der Waals surface area (Å²) in [4.78, 5) is 22.8. The number of carboxylic acids is 1. The molecule has 5 nitrogen and oxygen atoms in total. The summed E-state index contributed by atoms with van der Waals surface area (Å²) in [5, 5.41) is 9.11. The Hall–Kier alpha value is -1.75. The second-order valence-electron chi connectivity index (χ2n) is 4.34. The van der Waals surface area contributed by atoms with Crippen molar-refractivity contribution >= 4 is 23.4 Å². The monoisotopic (exact) mass is 268 g/mol. The highest BCUT2D eigenvalue weighted by Crippen LogP contribution is 2.44. The van der Waals surface area contributed by atoms with Crippen molar-refractivity contribution in [3.05, 3.63) is 22.7 Å². The molecule has 1 aliphatic carbocycles. The molecular formula is C12H9ClO5. The van der Waals surface area contributed by atoms with Gasteiger partial charge in [0.1, 0.15) is 0 Å². The Morgan fingerprint density at radius 1 is 1.28 bits per heavy atom. The molecule has 0 spiro atoms. The second kappa shape index (κ2) is 3.88. The number of ether oxygens (including phenoxy) is 2. The van der Waals surface area contributed by atoms with Crippen LogP contribution in [0.5, 0.6) is 11.5 Å². The molecule has 0 radical (unpaired) electrons. The normalized spacial score (nSPS) is 23.8. The van der Waals surface area contributed by atoms with Crippen LogP contribution in [0.25, 0.3) is 0 Å². The molecule has 1 unspecified atom stereocenters. The molecule has 3 rings (SSSR count). The van der Waals surface area contributed by atoms with Gasteiger partial charge in [0.15, 0.2) is 17.3 Å². The minimum Gasteiger partial charge on any atom is -0.481 e. The lowest BCUT2D eigenvalue weighted by atomic mass is 10.1. The van der Waals surface area contributed by atoms with Crippen LogP contribution in [0.1, 0.15) is 16.8 Å². The minimum atomic E-state index is -0.930. The van der Waals surface area contributed by atoms with Crippen molar-refractivity contribution in [2.75, 3.05) is 6.79 Å². The van der Waals surface area contributed by atoms with Crippen molar-refractivity contribution in [2.24, 2.45) is 11.8 Å². The van der Waals surface area contributed by atoms with Crippen molar-refractivity contribution in [2.45, 2.75) is 6.42 Å². The SMILES string of the molecule is O=C(c1cc(Cl)c2c(c1)OCO2)C1C[C@@H]1C(=O)O. The Morgan fingerprint density at radius 2 is 2.06 bits per heavy atom. The number of hydrogen-bond donors (Lipinski definition) is 1. The van der Waals surface area contributed by atoms with Crippen LogP contribution in [0.2, 0.25) is 5.02 Å². The molecule has 2 aliphatic rings. The predicted molar refractivity (Wildman–Crippen MR) is 61.1 cm³/mol. The highest BCUT2D eigenvalue weighted by molar-refractivity contribution is 6.32. The van der Waals surface area contributed by atoms with Gasteiger partial charge < -0.3 is 14.6 Å². The zero-order valence-corrected chi connectivity index (χ0v) is 9.94. The van der Waals surface area contributed by atoms with E-state index < -0.39 is 17.8 Å². The smallest absolute Gasteiger partial charge is 0.307 e. The van der Waals surface area contributed by atoms with Gasteiger partial charge in [0.25, 0.3) is 0 Å². The van der Waals surface area contributed by atoms with Gasteiger partial charge in [0.2, 0.25) is 6.79 Å². The number of hydrogen-bond acceptors (Lipinski definition) is 4. The molecule has 0 bridgehead atoms. The number of carbonyl (C=O) groups is 2. The molecule has 6 heteroatoms. The quantitative estimate of drug-likeness (QED) is 0.849. The van der Waals surface area contributed by atoms with Crippen molar-refractivity contribution in [1.29, 1.82) is 0 Å². The Morgan fingerprint density at radius 3 is 2.72 bits per heavy atom. The number of ketones is 1. The van der Waals surface area contributed by atoms with Crippen LogP contribution in [0.15, 0.2) is 12.1 Å². The minimum absolute atomic E-state index is 0.0773. The van der Waals surface area contributed by atoms with Gasteiger partial charge in [-0.3, -0.25) is 9.59 Å². The maximum absolute atomic E-state index is 12.1. The molecule has 1 aliphatic heterocycles. The topological polar surface area (TPSA) is 72.8 Å². The summed E-state index contributed by atoms with van der Waals surface area (Å²) in [6, 6.07) is 3.04. The Balaban J connectivity index is 1.88. The van der Waals surface area contributed by atoms with Crippen LogP contribution >= 0.6 is 11.6 Å². The van der Waals surface area contributed by atoms with E-state index in [0.717, 1.165) is 0 Å². The number of Topliss-reactive ketones (excluding diaryl/α,β-unsaturated/α-hetero) is 1. The fourth-order valence-corrected chi connectivity index (χ4v) is 2.35. The third-order valence-electron chi connectivity index (χ3n) is 3.16. The molecule has 1 heterocycles. The molecule has 1 saturated carbocycles.